The lowest BCUT2D eigenvalue weighted by Gasteiger charge is -2.33. The first-order valence-electron chi connectivity index (χ1n) is 7.74. The number of nitrogens with zero attached hydrogens (tertiary/aromatic N) is 4. The number of carbonyl (C=O) groups is 1. The second-order valence-electron chi connectivity index (χ2n) is 6.60. The number of thioether (sulfide) groups is 1. The first-order valence-corrected chi connectivity index (χ1v) is 9.49. The topological polar surface area (TPSA) is 60.3 Å². The predicted molar refractivity (Wildman–Crippen MR) is 99.1 cm³/mol. The zero-order chi connectivity index (χ0) is 18.2. The van der Waals surface area contributed by atoms with Crippen LogP contribution in [0.15, 0.2) is 23.4 Å². The molecule has 1 aromatic carbocycles. The van der Waals surface area contributed by atoms with Crippen LogP contribution in [0.4, 0.5) is 0 Å². The number of rotatable bonds is 3. The fourth-order valence-corrected chi connectivity index (χ4v) is 3.69. The highest BCUT2D eigenvalue weighted by Crippen LogP contribution is 2.29. The van der Waals surface area contributed by atoms with E-state index in [1.165, 1.54) is 0 Å². The van der Waals surface area contributed by atoms with E-state index in [0.717, 1.165) is 5.75 Å². The van der Waals surface area contributed by atoms with E-state index >= 15 is 0 Å². The SMILES string of the molecule is CC(C)(C)C(=O)N1CCSc2nnc(COc3ccc(Cl)cc3Cl)n21. The van der Waals surface area contributed by atoms with Crippen molar-refractivity contribution in [1.29, 1.82) is 0 Å². The van der Waals surface area contributed by atoms with Gasteiger partial charge in [0.15, 0.2) is 5.82 Å². The molecule has 0 radical (unpaired) electrons. The molecule has 1 aliphatic rings. The number of ether oxygens (including phenoxy) is 1. The molecule has 0 bridgehead atoms. The van der Waals surface area contributed by atoms with Gasteiger partial charge in [0.2, 0.25) is 11.1 Å². The third kappa shape index (κ3) is 3.88. The third-order valence-electron chi connectivity index (χ3n) is 3.58. The number of hydrogen-bond acceptors (Lipinski definition) is 5. The molecule has 1 amide bonds. The molecule has 1 aliphatic heterocycles. The van der Waals surface area contributed by atoms with Crippen LogP contribution in [-0.4, -0.2) is 33.1 Å². The molecule has 0 saturated carbocycles. The zero-order valence-corrected chi connectivity index (χ0v) is 16.5. The second-order valence-corrected chi connectivity index (χ2v) is 8.51. The van der Waals surface area contributed by atoms with Crippen LogP contribution in [0.1, 0.15) is 26.6 Å². The van der Waals surface area contributed by atoms with E-state index in [2.05, 4.69) is 10.2 Å². The largest absolute Gasteiger partial charge is 0.484 e. The molecule has 0 N–H and O–H groups in total. The molecular formula is C16H18Cl2N4O2S. The van der Waals surface area contributed by atoms with Crippen LogP contribution in [0, 0.1) is 5.41 Å². The molecular weight excluding hydrogens is 383 g/mol. The Kier molecular flexibility index (Phi) is 5.18. The highest BCUT2D eigenvalue weighted by molar-refractivity contribution is 7.99. The molecule has 0 aliphatic carbocycles. The summed E-state index contributed by atoms with van der Waals surface area (Å²) < 4.78 is 7.50. The van der Waals surface area contributed by atoms with Gasteiger partial charge in [-0.15, -0.1) is 10.2 Å². The van der Waals surface area contributed by atoms with Gasteiger partial charge >= 0.3 is 0 Å². The highest BCUT2D eigenvalue weighted by Gasteiger charge is 2.33. The normalized spacial score (nSPS) is 14.4. The van der Waals surface area contributed by atoms with Crippen molar-refractivity contribution in [1.82, 2.24) is 14.9 Å². The minimum absolute atomic E-state index is 0.0135. The lowest BCUT2D eigenvalue weighted by atomic mass is 9.95. The van der Waals surface area contributed by atoms with Crippen LogP contribution >= 0.6 is 35.0 Å². The standard InChI is InChI=1S/C16H18Cl2N4O2S/c1-16(2,3)14(23)21-6-7-25-15-20-19-13(22(15)21)9-24-12-5-4-10(17)8-11(12)18/h4-5,8H,6-7,9H2,1-3H3. The summed E-state index contributed by atoms with van der Waals surface area (Å²) in [4.78, 5) is 12.8. The van der Waals surface area contributed by atoms with Gasteiger partial charge in [0, 0.05) is 16.2 Å². The van der Waals surface area contributed by atoms with Gasteiger partial charge in [-0.1, -0.05) is 55.7 Å². The molecule has 9 heteroatoms. The van der Waals surface area contributed by atoms with E-state index in [1.807, 2.05) is 20.8 Å². The van der Waals surface area contributed by atoms with Crippen molar-refractivity contribution in [2.24, 2.45) is 5.41 Å². The summed E-state index contributed by atoms with van der Waals surface area (Å²) in [7, 11) is 0. The van der Waals surface area contributed by atoms with Gasteiger partial charge in [0.05, 0.1) is 11.6 Å². The monoisotopic (exact) mass is 400 g/mol. The van der Waals surface area contributed by atoms with Gasteiger partial charge in [0.25, 0.3) is 0 Å². The molecule has 1 aromatic heterocycles. The van der Waals surface area contributed by atoms with Gasteiger partial charge < -0.3 is 4.74 Å². The van der Waals surface area contributed by atoms with E-state index in [0.29, 0.717) is 33.3 Å². The first kappa shape index (κ1) is 18.4. The average molecular weight is 401 g/mol. The first-order chi connectivity index (χ1) is 11.8. The highest BCUT2D eigenvalue weighted by atomic mass is 35.5. The fraction of sp³-hybridized carbons (Fsp3) is 0.438. The Morgan fingerprint density at radius 1 is 1.32 bits per heavy atom. The average Bonchev–Trinajstić information content (AvgIpc) is 2.96. The van der Waals surface area contributed by atoms with Crippen molar-refractivity contribution in [3.63, 3.8) is 0 Å². The Bertz CT molecular complexity index is 804. The van der Waals surface area contributed by atoms with E-state index in [-0.39, 0.29) is 12.5 Å². The van der Waals surface area contributed by atoms with Crippen molar-refractivity contribution < 1.29 is 9.53 Å². The van der Waals surface area contributed by atoms with Crippen LogP contribution in [0.2, 0.25) is 10.0 Å². The van der Waals surface area contributed by atoms with E-state index in [4.69, 9.17) is 27.9 Å². The maximum atomic E-state index is 12.8. The molecule has 0 unspecified atom stereocenters. The van der Waals surface area contributed by atoms with Crippen LogP contribution in [-0.2, 0) is 11.4 Å². The molecule has 6 nitrogen and oxygen atoms in total. The zero-order valence-electron chi connectivity index (χ0n) is 14.1. The van der Waals surface area contributed by atoms with Crippen LogP contribution < -0.4 is 9.75 Å². The molecule has 3 rings (SSSR count). The van der Waals surface area contributed by atoms with Crippen LogP contribution in [0.25, 0.3) is 0 Å². The van der Waals surface area contributed by atoms with Crippen molar-refractivity contribution >= 4 is 40.9 Å². The molecule has 2 heterocycles. The molecule has 0 fully saturated rings. The number of amides is 1. The molecule has 0 atom stereocenters. The lowest BCUT2D eigenvalue weighted by Crippen LogP contribution is -2.50. The summed E-state index contributed by atoms with van der Waals surface area (Å²) in [5, 5.41) is 11.7. The summed E-state index contributed by atoms with van der Waals surface area (Å²) in [5.41, 5.74) is -0.499. The second kappa shape index (κ2) is 7.05. The lowest BCUT2D eigenvalue weighted by molar-refractivity contribution is -0.127. The Labute approximate surface area is 160 Å². The number of halogens is 2. The van der Waals surface area contributed by atoms with E-state index in [9.17, 15) is 4.79 Å². The number of carbonyl (C=O) groups excluding carboxylic acids is 1. The van der Waals surface area contributed by atoms with Crippen molar-refractivity contribution in [3.05, 3.63) is 34.1 Å². The van der Waals surface area contributed by atoms with Crippen LogP contribution in [0.3, 0.4) is 0 Å². The number of hydrogen-bond donors (Lipinski definition) is 0. The fourth-order valence-electron chi connectivity index (χ4n) is 2.36. The van der Waals surface area contributed by atoms with Crippen molar-refractivity contribution in [2.75, 3.05) is 17.3 Å². The van der Waals surface area contributed by atoms with Gasteiger partial charge in [-0.05, 0) is 18.2 Å². The Morgan fingerprint density at radius 3 is 2.76 bits per heavy atom. The van der Waals surface area contributed by atoms with Gasteiger partial charge in [-0.3, -0.25) is 4.79 Å². The Balaban J connectivity index is 1.84. The van der Waals surface area contributed by atoms with Crippen molar-refractivity contribution in [3.8, 4) is 5.75 Å². The minimum Gasteiger partial charge on any atom is -0.484 e. The van der Waals surface area contributed by atoms with E-state index < -0.39 is 5.41 Å². The third-order valence-corrected chi connectivity index (χ3v) is 5.01. The summed E-state index contributed by atoms with van der Waals surface area (Å²) in [6.45, 7) is 6.42. The van der Waals surface area contributed by atoms with Gasteiger partial charge in [-0.25, -0.2) is 9.69 Å². The van der Waals surface area contributed by atoms with E-state index in [1.54, 1.807) is 39.6 Å². The molecule has 0 spiro atoms. The minimum atomic E-state index is -0.499. The molecule has 25 heavy (non-hydrogen) atoms. The van der Waals surface area contributed by atoms with Gasteiger partial charge in [0.1, 0.15) is 12.4 Å². The number of aromatic nitrogens is 3. The molecule has 134 valence electrons. The molecule has 2 aromatic rings. The summed E-state index contributed by atoms with van der Waals surface area (Å²) in [5.74, 6) is 1.84. The summed E-state index contributed by atoms with van der Waals surface area (Å²) >= 11 is 13.6. The van der Waals surface area contributed by atoms with Crippen molar-refractivity contribution in [2.45, 2.75) is 32.5 Å². The van der Waals surface area contributed by atoms with Crippen LogP contribution in [0.5, 0.6) is 5.75 Å². The smallest absolute Gasteiger partial charge is 0.246 e. The summed E-state index contributed by atoms with van der Waals surface area (Å²) in [6.07, 6.45) is 0. The van der Waals surface area contributed by atoms with Gasteiger partial charge in [-0.2, -0.15) is 0 Å². The number of benzene rings is 1. The maximum Gasteiger partial charge on any atom is 0.246 e. The molecule has 0 saturated heterocycles. The maximum absolute atomic E-state index is 12.8. The Morgan fingerprint density at radius 2 is 2.08 bits per heavy atom. The Hall–Kier alpha value is -1.44. The number of fused-ring (bicyclic) bond motifs is 1. The quantitative estimate of drug-likeness (QED) is 0.784. The predicted octanol–water partition coefficient (Wildman–Crippen LogP) is 3.78. The summed E-state index contributed by atoms with van der Waals surface area (Å²) in [6, 6.07) is 5.02.